The molecule has 0 aromatic rings. The van der Waals surface area contributed by atoms with Gasteiger partial charge in [-0.05, 0) is 0 Å². The molecule has 4 heteroatoms. The van der Waals surface area contributed by atoms with E-state index >= 15 is 0 Å². The van der Waals surface area contributed by atoms with Gasteiger partial charge in [0.25, 0.3) is 0 Å². The minimum atomic E-state index is 0. The summed E-state index contributed by atoms with van der Waals surface area (Å²) in [4.78, 5) is 0. The van der Waals surface area contributed by atoms with Gasteiger partial charge in [0.1, 0.15) is 0 Å². The third-order valence-electron chi connectivity index (χ3n) is 0. The van der Waals surface area contributed by atoms with Crippen molar-refractivity contribution in [2.45, 2.75) is 0 Å². The predicted molar refractivity (Wildman–Crippen MR) is 24.7 cm³/mol. The maximum Gasteiger partial charge on any atom is 0 e. The third-order valence-corrected chi connectivity index (χ3v) is 0. The molecule has 0 heterocycles. The quantitative estimate of drug-likeness (QED) is 0.519. The van der Waals surface area contributed by atoms with Gasteiger partial charge in [-0.3, -0.25) is 0 Å². The first-order valence-corrected chi connectivity index (χ1v) is 0. The van der Waals surface area contributed by atoms with Gasteiger partial charge in [0.15, 0.2) is 0 Å². The summed E-state index contributed by atoms with van der Waals surface area (Å²) in [7, 11) is 0. The standard InChI is InChI=1S/BrH.ClH.K.Zn.H/h2*1H;;;. The van der Waals surface area contributed by atoms with Crippen LogP contribution in [0.25, 0.3) is 0 Å². The Labute approximate surface area is 97.8 Å². The van der Waals surface area contributed by atoms with Crippen LogP contribution >= 0.6 is 29.4 Å². The van der Waals surface area contributed by atoms with Gasteiger partial charge in [-0.2, -0.15) is 0 Å². The van der Waals surface area contributed by atoms with E-state index < -0.39 is 0 Å². The van der Waals surface area contributed by atoms with Crippen molar-refractivity contribution in [3.63, 3.8) is 0 Å². The zero-order valence-electron chi connectivity index (χ0n) is 1.52. The molecule has 0 N–H and O–H groups in total. The summed E-state index contributed by atoms with van der Waals surface area (Å²) in [5.74, 6) is 0. The van der Waals surface area contributed by atoms with Gasteiger partial charge < -0.3 is 0 Å². The summed E-state index contributed by atoms with van der Waals surface area (Å²) in [6, 6.07) is 0. The van der Waals surface area contributed by atoms with Gasteiger partial charge >= 0.3 is 51.4 Å². The van der Waals surface area contributed by atoms with E-state index in [1.165, 1.54) is 0 Å². The van der Waals surface area contributed by atoms with E-state index in [0.717, 1.165) is 0 Å². The molecule has 0 saturated heterocycles. The molecule has 0 rings (SSSR count). The van der Waals surface area contributed by atoms with Gasteiger partial charge in [0.05, 0.1) is 0 Å². The normalized spacial score (nSPS) is 0. The molecule has 0 amide bonds. The first kappa shape index (κ1) is 27.8. The smallest absolute Gasteiger partial charge is 0 e. The third kappa shape index (κ3) is 8.90. The molecule has 4 heavy (non-hydrogen) atoms. The SMILES string of the molecule is Br.Cl.[KH].[Zn]. The molecule has 0 atom stereocenters. The molecule has 0 fully saturated rings. The van der Waals surface area contributed by atoms with Crippen molar-refractivity contribution in [2.24, 2.45) is 0 Å². The van der Waals surface area contributed by atoms with E-state index in [2.05, 4.69) is 0 Å². The summed E-state index contributed by atoms with van der Waals surface area (Å²) < 4.78 is 0. The van der Waals surface area contributed by atoms with Crippen LogP contribution in [0, 0.1) is 0 Å². The number of halogens is 2. The first-order valence-electron chi connectivity index (χ1n) is 0. The number of hydrogen-bond donors (Lipinski definition) is 0. The summed E-state index contributed by atoms with van der Waals surface area (Å²) in [6.07, 6.45) is 0. The first-order chi connectivity index (χ1) is 0. The topological polar surface area (TPSA) is 0 Å². The second-order valence-corrected chi connectivity index (χ2v) is 0. The molecule has 0 aliphatic rings. The van der Waals surface area contributed by atoms with E-state index in [-0.39, 0.29) is 100 Å². The summed E-state index contributed by atoms with van der Waals surface area (Å²) in [6.45, 7) is 0. The van der Waals surface area contributed by atoms with E-state index in [9.17, 15) is 0 Å². The van der Waals surface area contributed by atoms with E-state index in [4.69, 9.17) is 0 Å². The number of hydrogen-bond acceptors (Lipinski definition) is 0. The molecule has 0 saturated carbocycles. The molecule has 0 aliphatic heterocycles. The molecule has 0 spiro atoms. The largest absolute Gasteiger partial charge is 0 e. The molecule has 0 unspecified atom stereocenters. The minimum absolute atomic E-state index is 0. The average Bonchev–Trinajstić information content (AvgIpc) is 0. The van der Waals surface area contributed by atoms with Crippen LogP contribution in [0.2, 0.25) is 0 Å². The van der Waals surface area contributed by atoms with Crippen LogP contribution in [0.4, 0.5) is 0 Å². The summed E-state index contributed by atoms with van der Waals surface area (Å²) >= 11 is 0. The molecule has 20 valence electrons. The zero-order chi connectivity index (χ0) is 0. The van der Waals surface area contributed by atoms with Crippen molar-refractivity contribution < 1.29 is 19.5 Å². The Kier molecular flexibility index (Phi) is 116. The van der Waals surface area contributed by atoms with Crippen molar-refractivity contribution in [3.05, 3.63) is 0 Å². The average molecular weight is 223 g/mol. The Morgan fingerprint density at radius 2 is 1.00 bits per heavy atom. The molecular formula is H3BrClKZn. The second kappa shape index (κ2) is 16.6. The van der Waals surface area contributed by atoms with Gasteiger partial charge in [-0.1, -0.05) is 0 Å². The Bertz CT molecular complexity index is 8.00. The fourth-order valence-electron chi connectivity index (χ4n) is 0. The predicted octanol–water partition coefficient (Wildman–Crippen LogP) is 0.349. The van der Waals surface area contributed by atoms with Gasteiger partial charge in [0, 0.05) is 19.5 Å². The molecule has 0 nitrogen and oxygen atoms in total. The van der Waals surface area contributed by atoms with Crippen molar-refractivity contribution in [1.29, 1.82) is 0 Å². The second-order valence-electron chi connectivity index (χ2n) is 0. The van der Waals surface area contributed by atoms with Crippen LogP contribution in [0.5, 0.6) is 0 Å². The minimum Gasteiger partial charge on any atom is 0 e. The van der Waals surface area contributed by atoms with E-state index in [1.54, 1.807) is 0 Å². The van der Waals surface area contributed by atoms with Crippen LogP contribution in [0.1, 0.15) is 0 Å². The molecule has 0 aromatic heterocycles. The Hall–Kier alpha value is 3.03. The number of rotatable bonds is 0. The fraction of sp³-hybridized carbons (Fsp3) is 0. The van der Waals surface area contributed by atoms with E-state index in [1.807, 2.05) is 0 Å². The Balaban J connectivity index is 0. The van der Waals surface area contributed by atoms with Crippen molar-refractivity contribution in [3.8, 4) is 0 Å². The molecule has 0 radical (unpaired) electrons. The zero-order valence-corrected chi connectivity index (χ0v) is 7.02. The Morgan fingerprint density at radius 1 is 1.00 bits per heavy atom. The fourth-order valence-corrected chi connectivity index (χ4v) is 0. The van der Waals surface area contributed by atoms with Gasteiger partial charge in [-0.25, -0.2) is 0 Å². The van der Waals surface area contributed by atoms with Gasteiger partial charge in [-0.15, -0.1) is 29.4 Å². The van der Waals surface area contributed by atoms with Crippen LogP contribution in [-0.4, -0.2) is 51.4 Å². The van der Waals surface area contributed by atoms with Crippen LogP contribution < -0.4 is 0 Å². The maximum atomic E-state index is 0. The van der Waals surface area contributed by atoms with Crippen LogP contribution in [0.15, 0.2) is 0 Å². The van der Waals surface area contributed by atoms with Crippen LogP contribution in [-0.2, 0) is 19.5 Å². The Morgan fingerprint density at radius 3 is 1.00 bits per heavy atom. The van der Waals surface area contributed by atoms with E-state index in [0.29, 0.717) is 0 Å². The maximum absolute atomic E-state index is 0. The molecular weight excluding hydrogens is 220 g/mol. The monoisotopic (exact) mass is 220 g/mol. The van der Waals surface area contributed by atoms with Crippen molar-refractivity contribution in [2.75, 3.05) is 0 Å². The van der Waals surface area contributed by atoms with Crippen LogP contribution in [0.3, 0.4) is 0 Å². The molecule has 0 bridgehead atoms. The molecule has 0 aliphatic carbocycles. The summed E-state index contributed by atoms with van der Waals surface area (Å²) in [5.41, 5.74) is 0. The summed E-state index contributed by atoms with van der Waals surface area (Å²) in [5, 5.41) is 0. The molecule has 0 aromatic carbocycles. The van der Waals surface area contributed by atoms with Crippen molar-refractivity contribution in [1.82, 2.24) is 0 Å². The van der Waals surface area contributed by atoms with Gasteiger partial charge in [0.2, 0.25) is 0 Å². The van der Waals surface area contributed by atoms with Crippen molar-refractivity contribution >= 4 is 80.8 Å².